The Balaban J connectivity index is 2.19. The average Bonchev–Trinajstić information content (AvgIpc) is 2.69. The van der Waals surface area contributed by atoms with Crippen molar-refractivity contribution >= 4 is 23.1 Å². The molecule has 0 aromatic carbocycles. The molecule has 0 fully saturated rings. The maximum absolute atomic E-state index is 10.9. The summed E-state index contributed by atoms with van der Waals surface area (Å²) in [6, 6.07) is 3.05. The van der Waals surface area contributed by atoms with E-state index in [4.69, 9.17) is 5.11 Å². The second-order valence-electron chi connectivity index (χ2n) is 4.28. The number of thiazole rings is 1. The van der Waals surface area contributed by atoms with Crippen LogP contribution in [0.25, 0.3) is 0 Å². The number of carbonyl (C=O) groups is 1. The SMILES string of the molecule is Cc1nc(C)c(C(C)Nc2cc(C(=O)O)ccn2)s1. The lowest BCUT2D eigenvalue weighted by Crippen LogP contribution is -2.08. The summed E-state index contributed by atoms with van der Waals surface area (Å²) < 4.78 is 0. The Morgan fingerprint density at radius 1 is 1.47 bits per heavy atom. The van der Waals surface area contributed by atoms with E-state index in [2.05, 4.69) is 15.3 Å². The van der Waals surface area contributed by atoms with E-state index in [1.165, 1.54) is 18.3 Å². The number of nitrogens with one attached hydrogen (secondary N) is 1. The molecule has 6 heteroatoms. The van der Waals surface area contributed by atoms with Crippen molar-refractivity contribution in [1.29, 1.82) is 0 Å². The van der Waals surface area contributed by atoms with Crippen molar-refractivity contribution in [2.24, 2.45) is 0 Å². The van der Waals surface area contributed by atoms with E-state index in [9.17, 15) is 4.79 Å². The van der Waals surface area contributed by atoms with Gasteiger partial charge >= 0.3 is 5.97 Å². The Hall–Kier alpha value is -1.95. The summed E-state index contributed by atoms with van der Waals surface area (Å²) >= 11 is 1.63. The van der Waals surface area contributed by atoms with Gasteiger partial charge in [0.15, 0.2) is 0 Å². The van der Waals surface area contributed by atoms with Crippen LogP contribution in [0.4, 0.5) is 5.82 Å². The second kappa shape index (κ2) is 5.36. The zero-order valence-corrected chi connectivity index (χ0v) is 11.8. The van der Waals surface area contributed by atoms with Crippen molar-refractivity contribution < 1.29 is 9.90 Å². The number of aryl methyl sites for hydroxylation is 2. The standard InChI is InChI=1S/C13H15N3O2S/c1-7-12(19-9(3)15-7)8(2)16-11-6-10(13(17)18)4-5-14-11/h4-6,8H,1-3H3,(H,14,16)(H,17,18). The highest BCUT2D eigenvalue weighted by atomic mass is 32.1. The van der Waals surface area contributed by atoms with Gasteiger partial charge in [-0.15, -0.1) is 11.3 Å². The van der Waals surface area contributed by atoms with E-state index in [-0.39, 0.29) is 11.6 Å². The number of carboxylic acid groups (broad SMARTS) is 1. The number of carboxylic acids is 1. The Kier molecular flexibility index (Phi) is 3.80. The average molecular weight is 277 g/mol. The number of hydrogen-bond acceptors (Lipinski definition) is 5. The van der Waals surface area contributed by atoms with Gasteiger partial charge < -0.3 is 10.4 Å². The summed E-state index contributed by atoms with van der Waals surface area (Å²) in [6.07, 6.45) is 1.49. The molecule has 5 nitrogen and oxygen atoms in total. The summed E-state index contributed by atoms with van der Waals surface area (Å²) in [4.78, 5) is 20.6. The van der Waals surface area contributed by atoms with Crippen LogP contribution in [0.2, 0.25) is 0 Å². The summed E-state index contributed by atoms with van der Waals surface area (Å²) in [6.45, 7) is 5.95. The first kappa shape index (κ1) is 13.5. The number of anilines is 1. The fourth-order valence-electron chi connectivity index (χ4n) is 1.88. The number of aromatic carboxylic acids is 1. The molecule has 0 radical (unpaired) electrons. The van der Waals surface area contributed by atoms with Gasteiger partial charge in [-0.25, -0.2) is 14.8 Å². The van der Waals surface area contributed by atoms with E-state index in [1.54, 1.807) is 11.3 Å². The second-order valence-corrected chi connectivity index (χ2v) is 5.52. The Labute approximate surface area is 115 Å². The molecule has 0 aliphatic rings. The molecule has 1 atom stereocenters. The van der Waals surface area contributed by atoms with Gasteiger partial charge in [0, 0.05) is 11.1 Å². The first-order valence-electron chi connectivity index (χ1n) is 5.87. The minimum atomic E-state index is -0.956. The normalized spacial score (nSPS) is 12.2. The van der Waals surface area contributed by atoms with Crippen molar-refractivity contribution in [2.75, 3.05) is 5.32 Å². The predicted molar refractivity (Wildman–Crippen MR) is 74.8 cm³/mol. The first-order chi connectivity index (χ1) is 8.97. The van der Waals surface area contributed by atoms with Crippen LogP contribution in [0.5, 0.6) is 0 Å². The van der Waals surface area contributed by atoms with Crippen molar-refractivity contribution in [2.45, 2.75) is 26.8 Å². The molecule has 0 aliphatic heterocycles. The van der Waals surface area contributed by atoms with Gasteiger partial charge in [-0.2, -0.15) is 0 Å². The molecule has 0 bridgehead atoms. The molecular weight excluding hydrogens is 262 g/mol. The molecule has 0 saturated carbocycles. The molecule has 2 N–H and O–H groups in total. The lowest BCUT2D eigenvalue weighted by atomic mass is 10.2. The van der Waals surface area contributed by atoms with Gasteiger partial charge in [0.05, 0.1) is 22.3 Å². The first-order valence-corrected chi connectivity index (χ1v) is 6.69. The lowest BCUT2D eigenvalue weighted by molar-refractivity contribution is 0.0697. The molecule has 0 saturated heterocycles. The molecule has 2 heterocycles. The van der Waals surface area contributed by atoms with Gasteiger partial charge in [-0.3, -0.25) is 0 Å². The number of nitrogens with zero attached hydrogens (tertiary/aromatic N) is 2. The predicted octanol–water partition coefficient (Wildman–Crippen LogP) is 3.03. The van der Waals surface area contributed by atoms with Crippen LogP contribution in [0, 0.1) is 13.8 Å². The quantitative estimate of drug-likeness (QED) is 0.898. The third-order valence-corrected chi connectivity index (χ3v) is 3.96. The Morgan fingerprint density at radius 3 is 2.79 bits per heavy atom. The molecule has 2 aromatic heterocycles. The molecule has 2 rings (SSSR count). The molecule has 1 unspecified atom stereocenters. The highest BCUT2D eigenvalue weighted by Gasteiger charge is 2.14. The van der Waals surface area contributed by atoms with Crippen LogP contribution in [-0.2, 0) is 0 Å². The van der Waals surface area contributed by atoms with E-state index in [0.717, 1.165) is 15.6 Å². The van der Waals surface area contributed by atoms with Crippen molar-refractivity contribution in [3.05, 3.63) is 39.5 Å². The summed E-state index contributed by atoms with van der Waals surface area (Å²) in [5, 5.41) is 13.2. The molecule has 2 aromatic rings. The maximum Gasteiger partial charge on any atom is 0.335 e. The van der Waals surface area contributed by atoms with Gasteiger partial charge in [-0.05, 0) is 32.9 Å². The number of aromatic nitrogens is 2. The molecule has 19 heavy (non-hydrogen) atoms. The smallest absolute Gasteiger partial charge is 0.335 e. The van der Waals surface area contributed by atoms with Crippen molar-refractivity contribution in [3.63, 3.8) is 0 Å². The monoisotopic (exact) mass is 277 g/mol. The fourth-order valence-corrected chi connectivity index (χ4v) is 2.81. The highest BCUT2D eigenvalue weighted by molar-refractivity contribution is 7.11. The minimum absolute atomic E-state index is 0.0442. The van der Waals surface area contributed by atoms with Gasteiger partial charge in [0.25, 0.3) is 0 Å². The minimum Gasteiger partial charge on any atom is -0.478 e. The summed E-state index contributed by atoms with van der Waals surface area (Å²) in [7, 11) is 0. The van der Waals surface area contributed by atoms with Crippen LogP contribution >= 0.6 is 11.3 Å². The van der Waals surface area contributed by atoms with E-state index < -0.39 is 5.97 Å². The van der Waals surface area contributed by atoms with Crippen LogP contribution in [0.1, 0.15) is 38.9 Å². The molecule has 100 valence electrons. The third kappa shape index (κ3) is 3.08. The third-order valence-electron chi connectivity index (χ3n) is 2.70. The largest absolute Gasteiger partial charge is 0.478 e. The van der Waals surface area contributed by atoms with Gasteiger partial charge in [0.2, 0.25) is 0 Å². The molecule has 0 spiro atoms. The Bertz CT molecular complexity index is 610. The summed E-state index contributed by atoms with van der Waals surface area (Å²) in [5.41, 5.74) is 1.22. The van der Waals surface area contributed by atoms with Crippen LogP contribution in [-0.4, -0.2) is 21.0 Å². The topological polar surface area (TPSA) is 75.1 Å². The van der Waals surface area contributed by atoms with Crippen LogP contribution < -0.4 is 5.32 Å². The van der Waals surface area contributed by atoms with E-state index >= 15 is 0 Å². The number of hydrogen-bond donors (Lipinski definition) is 2. The van der Waals surface area contributed by atoms with Crippen molar-refractivity contribution in [3.8, 4) is 0 Å². The molecule has 0 aliphatic carbocycles. The maximum atomic E-state index is 10.9. The zero-order chi connectivity index (χ0) is 14.0. The number of pyridine rings is 1. The van der Waals surface area contributed by atoms with Crippen LogP contribution in [0.3, 0.4) is 0 Å². The van der Waals surface area contributed by atoms with Gasteiger partial charge in [-0.1, -0.05) is 0 Å². The fraction of sp³-hybridized carbons (Fsp3) is 0.308. The molecular formula is C13H15N3O2S. The highest BCUT2D eigenvalue weighted by Crippen LogP contribution is 2.27. The van der Waals surface area contributed by atoms with Crippen LogP contribution in [0.15, 0.2) is 18.3 Å². The Morgan fingerprint density at radius 2 is 2.21 bits per heavy atom. The van der Waals surface area contributed by atoms with Gasteiger partial charge in [0.1, 0.15) is 5.82 Å². The molecule has 0 amide bonds. The summed E-state index contributed by atoms with van der Waals surface area (Å²) in [5.74, 6) is -0.402. The van der Waals surface area contributed by atoms with Crippen molar-refractivity contribution in [1.82, 2.24) is 9.97 Å². The lowest BCUT2D eigenvalue weighted by Gasteiger charge is -2.13. The zero-order valence-electron chi connectivity index (χ0n) is 11.0. The number of rotatable bonds is 4. The van der Waals surface area contributed by atoms with E-state index in [0.29, 0.717) is 5.82 Å². The van der Waals surface area contributed by atoms with E-state index in [1.807, 2.05) is 20.8 Å².